The van der Waals surface area contributed by atoms with Gasteiger partial charge in [-0.25, -0.2) is 8.78 Å². The number of pyridine rings is 1. The average Bonchev–Trinajstić information content (AvgIpc) is 3.84. The first-order valence-corrected chi connectivity index (χ1v) is 15.8. The molecule has 3 heterocycles. The van der Waals surface area contributed by atoms with Crippen molar-refractivity contribution < 1.29 is 18.6 Å². The number of benzene rings is 2. The largest absolute Gasteiger partial charge is 0.508 e. The minimum absolute atomic E-state index is 0.0240. The maximum absolute atomic E-state index is 15.2. The van der Waals surface area contributed by atoms with E-state index in [-0.39, 0.29) is 40.0 Å². The van der Waals surface area contributed by atoms with Gasteiger partial charge in [0, 0.05) is 60.3 Å². The van der Waals surface area contributed by atoms with Crippen molar-refractivity contribution >= 4 is 27.5 Å². The zero-order chi connectivity index (χ0) is 31.7. The highest BCUT2D eigenvalue weighted by molar-refractivity contribution is 6.04. The highest BCUT2D eigenvalue weighted by Gasteiger charge is 2.44. The molecule has 236 valence electrons. The lowest BCUT2D eigenvalue weighted by molar-refractivity contribution is 0.162. The van der Waals surface area contributed by atoms with Gasteiger partial charge in [-0.2, -0.15) is 9.97 Å². The number of nitrogens with zero attached hydrogens (tertiary/aromatic N) is 5. The minimum Gasteiger partial charge on any atom is -0.508 e. The molecule has 1 aliphatic heterocycles. The maximum atomic E-state index is 15.2. The third kappa shape index (κ3) is 5.99. The summed E-state index contributed by atoms with van der Waals surface area (Å²) in [5.41, 5.74) is 1.21. The number of ether oxygens (including phenoxy) is 1. The first-order valence-electron chi connectivity index (χ1n) is 15.8. The zero-order valence-electron chi connectivity index (χ0n) is 26.2. The summed E-state index contributed by atoms with van der Waals surface area (Å²) in [6, 6.07) is 6.22. The van der Waals surface area contributed by atoms with Crippen molar-refractivity contribution in [2.45, 2.75) is 52.8 Å². The van der Waals surface area contributed by atoms with E-state index in [9.17, 15) is 9.50 Å². The third-order valence-electron chi connectivity index (χ3n) is 9.35. The van der Waals surface area contributed by atoms with Crippen LogP contribution in [0.15, 0.2) is 30.5 Å². The minimum atomic E-state index is -0.904. The molecule has 0 spiro atoms. The number of phenols is 1. The van der Waals surface area contributed by atoms with Crippen LogP contribution < -0.4 is 15.0 Å². The van der Waals surface area contributed by atoms with Crippen molar-refractivity contribution in [3.05, 3.63) is 47.4 Å². The van der Waals surface area contributed by atoms with Crippen LogP contribution >= 0.6 is 0 Å². The Hall–Kier alpha value is -4.07. The zero-order valence-corrected chi connectivity index (χ0v) is 26.2. The molecule has 1 atom stereocenters. The fraction of sp³-hybridized carbons (Fsp3) is 0.457. The van der Waals surface area contributed by atoms with Crippen molar-refractivity contribution in [3.63, 3.8) is 0 Å². The molecular formula is C35H40F2N6O2. The number of anilines is 1. The van der Waals surface area contributed by atoms with Gasteiger partial charge >= 0.3 is 6.01 Å². The molecular weight excluding hydrogens is 574 g/mol. The smallest absolute Gasteiger partial charge is 0.318 e. The van der Waals surface area contributed by atoms with Crippen molar-refractivity contribution in [2.24, 2.45) is 5.41 Å². The number of fused-ring (bicyclic) bond motifs is 2. The quantitative estimate of drug-likeness (QED) is 0.204. The van der Waals surface area contributed by atoms with Gasteiger partial charge in [-0.1, -0.05) is 32.8 Å². The molecule has 1 unspecified atom stereocenters. The lowest BCUT2D eigenvalue weighted by Gasteiger charge is -2.34. The van der Waals surface area contributed by atoms with E-state index in [1.807, 2.05) is 0 Å². The SMILES string of the molecule is C#Cc1c(F)ccc2cc(O)cc(-c3ncc4c(N5CCNC(CC)C5)nc(OCC5(CN(CC)CC)CC5)nc4c3CF)c12. The molecule has 0 amide bonds. The van der Waals surface area contributed by atoms with Crippen molar-refractivity contribution in [1.29, 1.82) is 0 Å². The fourth-order valence-corrected chi connectivity index (χ4v) is 6.48. The van der Waals surface area contributed by atoms with Crippen LogP contribution in [0.3, 0.4) is 0 Å². The molecule has 2 fully saturated rings. The van der Waals surface area contributed by atoms with Crippen molar-refractivity contribution in [3.8, 4) is 35.4 Å². The molecule has 10 heteroatoms. The Balaban J connectivity index is 1.51. The fourth-order valence-electron chi connectivity index (χ4n) is 6.48. The van der Waals surface area contributed by atoms with E-state index >= 15 is 4.39 Å². The molecule has 0 bridgehead atoms. The predicted molar refractivity (Wildman–Crippen MR) is 174 cm³/mol. The number of rotatable bonds is 11. The van der Waals surface area contributed by atoms with Crippen LogP contribution in [0.25, 0.3) is 32.9 Å². The second-order valence-corrected chi connectivity index (χ2v) is 12.2. The number of alkyl halides is 1. The summed E-state index contributed by atoms with van der Waals surface area (Å²) in [5.74, 6) is 2.43. The van der Waals surface area contributed by atoms with Crippen LogP contribution in [0, 0.1) is 23.6 Å². The Morgan fingerprint density at radius 3 is 2.69 bits per heavy atom. The number of terminal acetylenes is 1. The molecule has 8 nitrogen and oxygen atoms in total. The van der Waals surface area contributed by atoms with E-state index < -0.39 is 12.5 Å². The number of nitrogens with one attached hydrogen (secondary N) is 1. The number of hydrogen-bond donors (Lipinski definition) is 2. The normalized spacial score (nSPS) is 17.6. The van der Waals surface area contributed by atoms with Gasteiger partial charge < -0.3 is 25.0 Å². The van der Waals surface area contributed by atoms with Gasteiger partial charge in [0.1, 0.15) is 24.1 Å². The van der Waals surface area contributed by atoms with Gasteiger partial charge in [0.15, 0.2) is 0 Å². The Labute approximate surface area is 262 Å². The van der Waals surface area contributed by atoms with E-state index in [2.05, 4.69) is 41.8 Å². The molecule has 1 aliphatic carbocycles. The molecule has 1 saturated carbocycles. The summed E-state index contributed by atoms with van der Waals surface area (Å²) >= 11 is 0. The Morgan fingerprint density at radius 2 is 2.00 bits per heavy atom. The van der Waals surface area contributed by atoms with E-state index in [0.717, 1.165) is 52.0 Å². The summed E-state index contributed by atoms with van der Waals surface area (Å²) in [6.07, 6.45) is 10.5. The van der Waals surface area contributed by atoms with Gasteiger partial charge in [0.05, 0.1) is 28.8 Å². The highest BCUT2D eigenvalue weighted by Crippen LogP contribution is 2.47. The number of aromatic nitrogens is 3. The van der Waals surface area contributed by atoms with Gasteiger partial charge in [0.2, 0.25) is 0 Å². The molecule has 2 aliphatic rings. The van der Waals surface area contributed by atoms with Crippen LogP contribution in [0.5, 0.6) is 11.8 Å². The van der Waals surface area contributed by atoms with Crippen LogP contribution in [-0.4, -0.2) is 76.9 Å². The van der Waals surface area contributed by atoms with Gasteiger partial charge in [-0.05, 0) is 55.9 Å². The number of aromatic hydroxyl groups is 1. The predicted octanol–water partition coefficient (Wildman–Crippen LogP) is 5.83. The van der Waals surface area contributed by atoms with Crippen LogP contribution in [0.2, 0.25) is 0 Å². The third-order valence-corrected chi connectivity index (χ3v) is 9.35. The number of piperazine rings is 1. The summed E-state index contributed by atoms with van der Waals surface area (Å²) in [7, 11) is 0. The second kappa shape index (κ2) is 12.7. The summed E-state index contributed by atoms with van der Waals surface area (Å²) in [6.45, 7) is 11.1. The topological polar surface area (TPSA) is 86.6 Å². The molecule has 45 heavy (non-hydrogen) atoms. The number of halogens is 2. The lowest BCUT2D eigenvalue weighted by atomic mass is 9.94. The highest BCUT2D eigenvalue weighted by atomic mass is 19.1. The average molecular weight is 615 g/mol. The summed E-state index contributed by atoms with van der Waals surface area (Å²) in [4.78, 5) is 19.0. The van der Waals surface area contributed by atoms with E-state index in [1.165, 1.54) is 24.3 Å². The number of hydrogen-bond acceptors (Lipinski definition) is 8. The molecule has 1 saturated heterocycles. The van der Waals surface area contributed by atoms with E-state index in [1.54, 1.807) is 6.20 Å². The second-order valence-electron chi connectivity index (χ2n) is 12.2. The Kier molecular flexibility index (Phi) is 8.76. The van der Waals surface area contributed by atoms with Gasteiger partial charge in [-0.15, -0.1) is 6.42 Å². The first-order chi connectivity index (χ1) is 21.8. The Morgan fingerprint density at radius 1 is 1.20 bits per heavy atom. The summed E-state index contributed by atoms with van der Waals surface area (Å²) < 4.78 is 36.5. The van der Waals surface area contributed by atoms with Gasteiger partial charge in [0.25, 0.3) is 0 Å². The number of phenolic OH excluding ortho intramolecular Hbond substituents is 1. The van der Waals surface area contributed by atoms with Crippen LogP contribution in [-0.2, 0) is 6.67 Å². The monoisotopic (exact) mass is 614 g/mol. The van der Waals surface area contributed by atoms with Crippen molar-refractivity contribution in [1.82, 2.24) is 25.2 Å². The first kappa shape index (κ1) is 30.9. The van der Waals surface area contributed by atoms with E-state index in [4.69, 9.17) is 26.1 Å². The standard InChI is InChI=1S/C35H40F2N6O2/c1-5-23-19-43(14-13-38-23)33-28-18-39-31(26-16-24(44)15-22-9-10-29(37)25(6-2)30(22)26)27(17-36)32(28)40-34(41-33)45-21-35(11-12-35)20-42(7-3)8-4/h2,9-10,15-16,18,23,38,44H,5,7-8,11-14,17,19-21H2,1,3-4H3. The van der Waals surface area contributed by atoms with E-state index in [0.29, 0.717) is 46.2 Å². The molecule has 6 rings (SSSR count). The maximum Gasteiger partial charge on any atom is 0.318 e. The molecule has 2 N–H and O–H groups in total. The molecule has 2 aromatic carbocycles. The van der Waals surface area contributed by atoms with Crippen LogP contribution in [0.4, 0.5) is 14.6 Å². The molecule has 2 aromatic heterocycles. The van der Waals surface area contributed by atoms with Crippen LogP contribution in [0.1, 0.15) is 51.2 Å². The molecule has 0 radical (unpaired) electrons. The van der Waals surface area contributed by atoms with Gasteiger partial charge in [-0.3, -0.25) is 4.98 Å². The lowest BCUT2D eigenvalue weighted by Crippen LogP contribution is -2.50. The summed E-state index contributed by atoms with van der Waals surface area (Å²) in [5, 5.41) is 15.7. The molecule has 4 aromatic rings. The van der Waals surface area contributed by atoms with Crippen molar-refractivity contribution in [2.75, 3.05) is 50.8 Å². The Bertz CT molecular complexity index is 1770.